The fourth-order valence-electron chi connectivity index (χ4n) is 2.66. The Balaban J connectivity index is 2.35. The number of hydrogen-bond donors (Lipinski definition) is 1. The van der Waals surface area contributed by atoms with Gasteiger partial charge in [0, 0.05) is 0 Å². The average molecular weight is 333 g/mol. The molecule has 0 aliphatic rings. The zero-order chi connectivity index (χ0) is 15.8. The van der Waals surface area contributed by atoms with Crippen LogP contribution in [-0.4, -0.2) is 20.7 Å². The van der Waals surface area contributed by atoms with Crippen LogP contribution < -0.4 is 0 Å². The predicted octanol–water partition coefficient (Wildman–Crippen LogP) is 5.17. The topological polar surface area (TPSA) is 20.2 Å². The maximum absolute atomic E-state index is 11.1. The van der Waals surface area contributed by atoms with Gasteiger partial charge in [-0.2, -0.15) is 0 Å². The molecule has 0 saturated carbocycles. The minimum Gasteiger partial charge on any atom is -0.386 e. The van der Waals surface area contributed by atoms with E-state index in [1.165, 1.54) is 5.56 Å². The van der Waals surface area contributed by atoms with Crippen LogP contribution in [0.1, 0.15) is 31.1 Å². The first-order chi connectivity index (χ1) is 10.7. The number of aliphatic hydroxyl groups excluding tert-OH is 1. The van der Waals surface area contributed by atoms with Crippen molar-refractivity contribution in [1.29, 1.82) is 0 Å². The summed E-state index contributed by atoms with van der Waals surface area (Å²) in [4.78, 5) is 0. The summed E-state index contributed by atoms with van der Waals surface area (Å²) < 4.78 is -0.244. The minimum absolute atomic E-state index is 0.244. The highest BCUT2D eigenvalue weighted by molar-refractivity contribution is 8.18. The van der Waals surface area contributed by atoms with E-state index in [2.05, 4.69) is 38.1 Å². The summed E-state index contributed by atoms with van der Waals surface area (Å²) in [5.41, 5.74) is 2.28. The maximum atomic E-state index is 11.1. The summed E-state index contributed by atoms with van der Waals surface area (Å²) in [6.07, 6.45) is 0.379. The van der Waals surface area contributed by atoms with Gasteiger partial charge in [0.05, 0.1) is 4.08 Å². The Labute approximate surface area is 142 Å². The molecule has 1 N–H and O–H groups in total. The standard InChI is InChI=1S/C19H24OS2/c1-3-21-19(22-4-2,15-16-11-7-5-8-12-16)18(20)17-13-9-6-10-14-17/h5-14,18,20H,3-4,15H2,1-2H3. The molecule has 0 aliphatic carbocycles. The molecule has 2 aromatic rings. The second kappa shape index (κ2) is 8.66. The van der Waals surface area contributed by atoms with Gasteiger partial charge in [0.15, 0.2) is 0 Å². The van der Waals surface area contributed by atoms with Crippen LogP contribution in [0.3, 0.4) is 0 Å². The van der Waals surface area contributed by atoms with E-state index in [1.807, 2.05) is 59.9 Å². The van der Waals surface area contributed by atoms with Crippen molar-refractivity contribution in [3.8, 4) is 0 Å². The Morgan fingerprint density at radius 3 is 1.86 bits per heavy atom. The molecule has 3 heteroatoms. The van der Waals surface area contributed by atoms with E-state index in [0.717, 1.165) is 23.5 Å². The lowest BCUT2D eigenvalue weighted by molar-refractivity contribution is 0.163. The highest BCUT2D eigenvalue weighted by Crippen LogP contribution is 2.49. The van der Waals surface area contributed by atoms with Gasteiger partial charge in [0.2, 0.25) is 0 Å². The van der Waals surface area contributed by atoms with Crippen molar-refractivity contribution in [3.05, 3.63) is 71.8 Å². The van der Waals surface area contributed by atoms with E-state index in [1.54, 1.807) is 0 Å². The van der Waals surface area contributed by atoms with Gasteiger partial charge in [0.25, 0.3) is 0 Å². The van der Waals surface area contributed by atoms with Crippen molar-refractivity contribution in [2.24, 2.45) is 0 Å². The smallest absolute Gasteiger partial charge is 0.103 e. The second-order valence-corrected chi connectivity index (χ2v) is 8.60. The molecule has 0 fully saturated rings. The number of hydrogen-bond acceptors (Lipinski definition) is 3. The van der Waals surface area contributed by atoms with Crippen molar-refractivity contribution >= 4 is 23.5 Å². The number of rotatable bonds is 8. The van der Waals surface area contributed by atoms with E-state index >= 15 is 0 Å². The van der Waals surface area contributed by atoms with E-state index in [-0.39, 0.29) is 4.08 Å². The van der Waals surface area contributed by atoms with Crippen LogP contribution in [0.4, 0.5) is 0 Å². The molecule has 0 heterocycles. The summed E-state index contributed by atoms with van der Waals surface area (Å²) in [6, 6.07) is 20.5. The summed E-state index contributed by atoms with van der Waals surface area (Å²) in [6.45, 7) is 4.33. The molecule has 0 amide bonds. The molecule has 1 atom stereocenters. The van der Waals surface area contributed by atoms with Gasteiger partial charge >= 0.3 is 0 Å². The van der Waals surface area contributed by atoms with Gasteiger partial charge in [-0.3, -0.25) is 0 Å². The van der Waals surface area contributed by atoms with E-state index in [0.29, 0.717) is 0 Å². The third-order valence-electron chi connectivity index (χ3n) is 3.60. The van der Waals surface area contributed by atoms with Gasteiger partial charge in [-0.15, -0.1) is 23.5 Å². The number of thioether (sulfide) groups is 2. The molecule has 1 nitrogen and oxygen atoms in total. The van der Waals surface area contributed by atoms with E-state index in [4.69, 9.17) is 0 Å². The quantitative estimate of drug-likeness (QED) is 0.674. The second-order valence-electron chi connectivity index (χ2n) is 5.15. The monoisotopic (exact) mass is 332 g/mol. The van der Waals surface area contributed by atoms with Crippen LogP contribution in [-0.2, 0) is 6.42 Å². The lowest BCUT2D eigenvalue weighted by Gasteiger charge is -2.37. The molecule has 0 bridgehead atoms. The van der Waals surface area contributed by atoms with Gasteiger partial charge < -0.3 is 5.11 Å². The van der Waals surface area contributed by atoms with Gasteiger partial charge in [-0.25, -0.2) is 0 Å². The molecule has 1 unspecified atom stereocenters. The lowest BCUT2D eigenvalue weighted by atomic mass is 10.00. The first-order valence-electron chi connectivity index (χ1n) is 7.76. The van der Waals surface area contributed by atoms with Crippen molar-refractivity contribution in [3.63, 3.8) is 0 Å². The third-order valence-corrected chi connectivity index (χ3v) is 6.60. The minimum atomic E-state index is -0.483. The molecule has 0 saturated heterocycles. The Hall–Kier alpha value is -0.900. The van der Waals surface area contributed by atoms with E-state index < -0.39 is 6.10 Å². The first-order valence-corrected chi connectivity index (χ1v) is 9.74. The zero-order valence-electron chi connectivity index (χ0n) is 13.2. The van der Waals surface area contributed by atoms with Crippen molar-refractivity contribution in [2.75, 3.05) is 11.5 Å². The van der Waals surface area contributed by atoms with Gasteiger partial charge in [0.1, 0.15) is 6.10 Å². The first kappa shape index (κ1) is 17.5. The molecule has 0 radical (unpaired) electrons. The Morgan fingerprint density at radius 2 is 1.36 bits per heavy atom. The average Bonchev–Trinajstić information content (AvgIpc) is 2.56. The van der Waals surface area contributed by atoms with Gasteiger partial charge in [-0.1, -0.05) is 74.5 Å². The Kier molecular flexibility index (Phi) is 6.87. The Morgan fingerprint density at radius 1 is 0.864 bits per heavy atom. The summed E-state index contributed by atoms with van der Waals surface area (Å²) in [7, 11) is 0. The molecule has 0 aliphatic heterocycles. The lowest BCUT2D eigenvalue weighted by Crippen LogP contribution is -2.33. The number of aliphatic hydroxyl groups is 1. The Bertz CT molecular complexity index is 536. The van der Waals surface area contributed by atoms with E-state index in [9.17, 15) is 5.11 Å². The molecule has 0 spiro atoms. The van der Waals surface area contributed by atoms with Crippen LogP contribution in [0.15, 0.2) is 60.7 Å². The van der Waals surface area contributed by atoms with Crippen LogP contribution >= 0.6 is 23.5 Å². The van der Waals surface area contributed by atoms with Crippen LogP contribution in [0.25, 0.3) is 0 Å². The fraction of sp³-hybridized carbons (Fsp3) is 0.368. The summed E-state index contributed by atoms with van der Waals surface area (Å²) >= 11 is 3.72. The van der Waals surface area contributed by atoms with Gasteiger partial charge in [-0.05, 0) is 29.1 Å². The molecule has 2 rings (SSSR count). The largest absolute Gasteiger partial charge is 0.386 e. The molecular weight excluding hydrogens is 308 g/mol. The van der Waals surface area contributed by atoms with Crippen LogP contribution in [0.2, 0.25) is 0 Å². The van der Waals surface area contributed by atoms with Crippen LogP contribution in [0.5, 0.6) is 0 Å². The molecule has 2 aromatic carbocycles. The van der Waals surface area contributed by atoms with Crippen LogP contribution in [0, 0.1) is 0 Å². The highest BCUT2D eigenvalue weighted by atomic mass is 32.2. The zero-order valence-corrected chi connectivity index (χ0v) is 14.9. The SMILES string of the molecule is CCSC(Cc1ccccc1)(SCC)C(O)c1ccccc1. The highest BCUT2D eigenvalue weighted by Gasteiger charge is 2.39. The molecule has 22 heavy (non-hydrogen) atoms. The molecule has 118 valence electrons. The summed E-state index contributed by atoms with van der Waals surface area (Å²) in [5, 5.41) is 11.1. The normalized spacial score (nSPS) is 13.0. The van der Waals surface area contributed by atoms with Crippen molar-refractivity contribution < 1.29 is 5.11 Å². The number of benzene rings is 2. The fourth-order valence-corrected chi connectivity index (χ4v) is 5.80. The molecular formula is C19H24OS2. The predicted molar refractivity (Wildman–Crippen MR) is 101 cm³/mol. The summed E-state index contributed by atoms with van der Waals surface area (Å²) in [5.74, 6) is 1.98. The maximum Gasteiger partial charge on any atom is 0.103 e. The van der Waals surface area contributed by atoms with Crippen molar-refractivity contribution in [2.45, 2.75) is 30.5 Å². The van der Waals surface area contributed by atoms with Crippen molar-refractivity contribution in [1.82, 2.24) is 0 Å². The third kappa shape index (κ3) is 4.31. The molecule has 0 aromatic heterocycles.